The van der Waals surface area contributed by atoms with E-state index in [0.717, 1.165) is 12.8 Å². The lowest BCUT2D eigenvalue weighted by Crippen LogP contribution is -2.41. The first kappa shape index (κ1) is 18.4. The maximum atomic E-state index is 14.5. The molecule has 2 aliphatic rings. The number of amides is 1. The standard InChI is InChI=1S/C20H24FNO4/c1-20(2,3)26-19(24)22-10-8-13(9-11-22)4-5-14-6-7-15-16(17(14)21)12-25-18(15)23/h4-7,13H,8-12H2,1-3H3/b5-4+. The monoisotopic (exact) mass is 361 g/mol. The summed E-state index contributed by atoms with van der Waals surface area (Å²) in [6.07, 6.45) is 5.07. The van der Waals surface area contributed by atoms with Gasteiger partial charge < -0.3 is 14.4 Å². The molecule has 1 aromatic carbocycles. The van der Waals surface area contributed by atoms with Gasteiger partial charge in [-0.3, -0.25) is 0 Å². The van der Waals surface area contributed by atoms with Crippen LogP contribution in [-0.2, 0) is 16.1 Å². The van der Waals surface area contributed by atoms with Crippen LogP contribution in [0.2, 0.25) is 0 Å². The van der Waals surface area contributed by atoms with Crippen LogP contribution < -0.4 is 0 Å². The Morgan fingerprint density at radius 1 is 1.31 bits per heavy atom. The summed E-state index contributed by atoms with van der Waals surface area (Å²) in [4.78, 5) is 25.3. The van der Waals surface area contributed by atoms with Crippen LogP contribution in [0.15, 0.2) is 18.2 Å². The highest BCUT2D eigenvalue weighted by Gasteiger charge is 2.27. The summed E-state index contributed by atoms with van der Waals surface area (Å²) < 4.78 is 24.7. The molecule has 0 saturated carbocycles. The number of likely N-dealkylation sites (tertiary alicyclic amines) is 1. The lowest BCUT2D eigenvalue weighted by atomic mass is 9.95. The maximum absolute atomic E-state index is 14.5. The van der Waals surface area contributed by atoms with E-state index in [1.54, 1.807) is 23.1 Å². The molecule has 0 atom stereocenters. The molecule has 2 heterocycles. The Morgan fingerprint density at radius 2 is 2.00 bits per heavy atom. The fourth-order valence-corrected chi connectivity index (χ4v) is 3.16. The molecule has 5 nitrogen and oxygen atoms in total. The number of piperidine rings is 1. The first-order valence-electron chi connectivity index (χ1n) is 8.89. The predicted molar refractivity (Wildman–Crippen MR) is 95.1 cm³/mol. The minimum absolute atomic E-state index is 0.00401. The van der Waals surface area contributed by atoms with Crippen molar-refractivity contribution in [3.8, 4) is 0 Å². The molecule has 1 fully saturated rings. The Bertz CT molecular complexity index is 743. The number of benzene rings is 1. The van der Waals surface area contributed by atoms with Gasteiger partial charge in [-0.1, -0.05) is 18.2 Å². The van der Waals surface area contributed by atoms with Crippen molar-refractivity contribution in [2.75, 3.05) is 13.1 Å². The molecule has 1 amide bonds. The third-order valence-corrected chi connectivity index (χ3v) is 4.58. The first-order chi connectivity index (χ1) is 12.2. The number of allylic oxidation sites excluding steroid dienone is 1. The first-order valence-corrected chi connectivity index (χ1v) is 8.89. The van der Waals surface area contributed by atoms with Crippen LogP contribution in [0, 0.1) is 11.7 Å². The lowest BCUT2D eigenvalue weighted by Gasteiger charge is -2.32. The Balaban J connectivity index is 1.58. The fraction of sp³-hybridized carbons (Fsp3) is 0.500. The number of nitrogens with zero attached hydrogens (tertiary/aromatic N) is 1. The summed E-state index contributed by atoms with van der Waals surface area (Å²) in [6.45, 7) is 6.80. The summed E-state index contributed by atoms with van der Waals surface area (Å²) in [5, 5.41) is 0. The average Bonchev–Trinajstić information content (AvgIpc) is 2.95. The molecule has 1 saturated heterocycles. The number of carbonyl (C=O) groups excluding carboxylic acids is 2. The van der Waals surface area contributed by atoms with Crippen molar-refractivity contribution in [3.05, 3.63) is 40.7 Å². The summed E-state index contributed by atoms with van der Waals surface area (Å²) in [5.74, 6) is -0.584. The van der Waals surface area contributed by atoms with Crippen LogP contribution in [0.1, 0.15) is 55.1 Å². The summed E-state index contributed by atoms with van der Waals surface area (Å²) in [6, 6.07) is 3.21. The molecule has 0 aliphatic carbocycles. The highest BCUT2D eigenvalue weighted by atomic mass is 19.1. The van der Waals surface area contributed by atoms with Gasteiger partial charge in [0.25, 0.3) is 0 Å². The second-order valence-electron chi connectivity index (χ2n) is 7.73. The van der Waals surface area contributed by atoms with Crippen LogP contribution >= 0.6 is 0 Å². The molecule has 26 heavy (non-hydrogen) atoms. The predicted octanol–water partition coefficient (Wildman–Crippen LogP) is 4.16. The largest absolute Gasteiger partial charge is 0.457 e. The number of ether oxygens (including phenoxy) is 2. The van der Waals surface area contributed by atoms with Gasteiger partial charge in [0.05, 0.1) is 5.56 Å². The van der Waals surface area contributed by atoms with Crippen LogP contribution in [0.4, 0.5) is 9.18 Å². The molecule has 0 spiro atoms. The maximum Gasteiger partial charge on any atom is 0.410 e. The van der Waals surface area contributed by atoms with E-state index in [0.29, 0.717) is 29.8 Å². The van der Waals surface area contributed by atoms with E-state index in [2.05, 4.69) is 0 Å². The van der Waals surface area contributed by atoms with Crippen molar-refractivity contribution in [1.82, 2.24) is 4.90 Å². The molecule has 6 heteroatoms. The second kappa shape index (κ2) is 7.09. The molecule has 0 aromatic heterocycles. The number of hydrogen-bond acceptors (Lipinski definition) is 4. The van der Waals surface area contributed by atoms with E-state index < -0.39 is 17.4 Å². The Kier molecular flexibility index (Phi) is 5.03. The van der Waals surface area contributed by atoms with Crippen LogP contribution in [0.25, 0.3) is 6.08 Å². The number of cyclic esters (lactones) is 1. The van der Waals surface area contributed by atoms with Crippen LogP contribution in [-0.4, -0.2) is 35.7 Å². The summed E-state index contributed by atoms with van der Waals surface area (Å²) in [7, 11) is 0. The third-order valence-electron chi connectivity index (χ3n) is 4.58. The van der Waals surface area contributed by atoms with Gasteiger partial charge in [0.2, 0.25) is 0 Å². The van der Waals surface area contributed by atoms with Crippen molar-refractivity contribution in [3.63, 3.8) is 0 Å². The molecule has 0 unspecified atom stereocenters. The van der Waals surface area contributed by atoms with Gasteiger partial charge in [-0.25, -0.2) is 14.0 Å². The zero-order valence-electron chi connectivity index (χ0n) is 15.4. The molecule has 2 aliphatic heterocycles. The van der Waals surface area contributed by atoms with Gasteiger partial charge in [-0.2, -0.15) is 0 Å². The van der Waals surface area contributed by atoms with Crippen LogP contribution in [0.3, 0.4) is 0 Å². The molecule has 1 aromatic rings. The van der Waals surface area contributed by atoms with E-state index in [1.165, 1.54) is 0 Å². The topological polar surface area (TPSA) is 55.8 Å². The van der Waals surface area contributed by atoms with Gasteiger partial charge in [0.15, 0.2) is 0 Å². The number of halogens is 1. The second-order valence-corrected chi connectivity index (χ2v) is 7.73. The zero-order valence-corrected chi connectivity index (χ0v) is 15.4. The Hall–Kier alpha value is -2.37. The molecular formula is C20H24FNO4. The van der Waals surface area contributed by atoms with Gasteiger partial charge in [-0.05, 0) is 45.6 Å². The van der Waals surface area contributed by atoms with Gasteiger partial charge in [-0.15, -0.1) is 0 Å². The number of fused-ring (bicyclic) bond motifs is 1. The normalized spacial score (nSPS) is 18.2. The molecular weight excluding hydrogens is 337 g/mol. The van der Waals surface area contributed by atoms with Crippen molar-refractivity contribution < 1.29 is 23.5 Å². The summed E-state index contributed by atoms with van der Waals surface area (Å²) >= 11 is 0. The fourth-order valence-electron chi connectivity index (χ4n) is 3.16. The smallest absolute Gasteiger partial charge is 0.410 e. The minimum atomic E-state index is -0.496. The summed E-state index contributed by atoms with van der Waals surface area (Å²) in [5.41, 5.74) is 0.600. The number of esters is 1. The molecule has 0 bridgehead atoms. The highest BCUT2D eigenvalue weighted by Crippen LogP contribution is 2.27. The van der Waals surface area contributed by atoms with Crippen molar-refractivity contribution >= 4 is 18.1 Å². The SMILES string of the molecule is CC(C)(C)OC(=O)N1CCC(/C=C/c2ccc3c(c2F)COC3=O)CC1. The molecule has 0 radical (unpaired) electrons. The van der Waals surface area contributed by atoms with Gasteiger partial charge in [0.1, 0.15) is 18.0 Å². The number of carbonyl (C=O) groups is 2. The molecule has 3 rings (SSSR count). The van der Waals surface area contributed by atoms with Crippen LogP contribution in [0.5, 0.6) is 0 Å². The van der Waals surface area contributed by atoms with E-state index in [1.807, 2.05) is 26.8 Å². The highest BCUT2D eigenvalue weighted by molar-refractivity contribution is 5.93. The van der Waals surface area contributed by atoms with Crippen molar-refractivity contribution in [1.29, 1.82) is 0 Å². The van der Waals surface area contributed by atoms with Gasteiger partial charge in [0, 0.05) is 24.2 Å². The number of hydrogen-bond donors (Lipinski definition) is 0. The Morgan fingerprint density at radius 3 is 2.65 bits per heavy atom. The molecule has 0 N–H and O–H groups in total. The van der Waals surface area contributed by atoms with Crippen molar-refractivity contribution in [2.45, 2.75) is 45.8 Å². The van der Waals surface area contributed by atoms with E-state index in [-0.39, 0.29) is 18.6 Å². The minimum Gasteiger partial charge on any atom is -0.457 e. The Labute approximate surface area is 152 Å². The zero-order chi connectivity index (χ0) is 18.9. The van der Waals surface area contributed by atoms with Gasteiger partial charge >= 0.3 is 12.1 Å². The van der Waals surface area contributed by atoms with E-state index in [9.17, 15) is 14.0 Å². The average molecular weight is 361 g/mol. The lowest BCUT2D eigenvalue weighted by molar-refractivity contribution is 0.0197. The number of rotatable bonds is 2. The van der Waals surface area contributed by atoms with Crippen molar-refractivity contribution in [2.24, 2.45) is 5.92 Å². The van der Waals surface area contributed by atoms with E-state index in [4.69, 9.17) is 9.47 Å². The van der Waals surface area contributed by atoms with E-state index >= 15 is 0 Å². The third kappa shape index (κ3) is 4.06. The quantitative estimate of drug-likeness (QED) is 0.743. The molecule has 140 valence electrons.